The second-order valence-corrected chi connectivity index (χ2v) is 3.46. The van der Waals surface area contributed by atoms with Crippen molar-refractivity contribution in [2.75, 3.05) is 19.8 Å². The molecule has 0 aromatic heterocycles. The van der Waals surface area contributed by atoms with Crippen molar-refractivity contribution in [1.82, 2.24) is 5.32 Å². The van der Waals surface area contributed by atoms with E-state index in [0.29, 0.717) is 12.5 Å². The molecule has 0 bridgehead atoms. The minimum atomic E-state index is -0.811. The van der Waals surface area contributed by atoms with Crippen molar-refractivity contribution < 1.29 is 9.13 Å². The summed E-state index contributed by atoms with van der Waals surface area (Å²) in [6.45, 7) is 5.87. The van der Waals surface area contributed by atoms with Crippen LogP contribution in [0.1, 0.15) is 13.8 Å². The lowest BCUT2D eigenvalue weighted by Gasteiger charge is -2.14. The first-order valence-electron chi connectivity index (χ1n) is 4.15. The molecule has 0 aromatic rings. The van der Waals surface area contributed by atoms with E-state index in [1.807, 2.05) is 0 Å². The normalized spacial score (nSPS) is 31.6. The zero-order valence-corrected chi connectivity index (χ0v) is 7.14. The van der Waals surface area contributed by atoms with Gasteiger partial charge < -0.3 is 10.1 Å². The third kappa shape index (κ3) is 2.75. The first kappa shape index (κ1) is 8.94. The van der Waals surface area contributed by atoms with E-state index in [1.165, 1.54) is 0 Å². The van der Waals surface area contributed by atoms with Gasteiger partial charge in [-0.2, -0.15) is 0 Å². The lowest BCUT2D eigenvalue weighted by atomic mass is 10.2. The van der Waals surface area contributed by atoms with E-state index < -0.39 is 6.17 Å². The Kier molecular flexibility index (Phi) is 3.27. The number of hydrogen-bond acceptors (Lipinski definition) is 2. The fraction of sp³-hybridized carbons (Fsp3) is 1.00. The first-order valence-corrected chi connectivity index (χ1v) is 4.15. The summed E-state index contributed by atoms with van der Waals surface area (Å²) < 4.78 is 17.8. The summed E-state index contributed by atoms with van der Waals surface area (Å²) in [6.07, 6.45) is -0.811. The van der Waals surface area contributed by atoms with Crippen LogP contribution in [-0.4, -0.2) is 32.0 Å². The molecule has 1 fully saturated rings. The Balaban J connectivity index is 2.15. The standard InChI is InChI=1S/C8H16FNO/c1-6(2)3-10-8-5-11-4-7(8)9/h6-8,10H,3-5H2,1-2H3/t7-,8-/m1/s1. The van der Waals surface area contributed by atoms with Crippen LogP contribution in [0.3, 0.4) is 0 Å². The number of ether oxygens (including phenoxy) is 1. The highest BCUT2D eigenvalue weighted by Gasteiger charge is 2.27. The van der Waals surface area contributed by atoms with E-state index in [9.17, 15) is 4.39 Å². The average Bonchev–Trinajstić information content (AvgIpc) is 2.31. The molecular weight excluding hydrogens is 145 g/mol. The summed E-state index contributed by atoms with van der Waals surface area (Å²) in [5.74, 6) is 0.572. The van der Waals surface area contributed by atoms with Crippen LogP contribution in [0.2, 0.25) is 0 Å². The molecule has 0 aliphatic carbocycles. The van der Waals surface area contributed by atoms with Crippen LogP contribution >= 0.6 is 0 Å². The average molecular weight is 161 g/mol. The van der Waals surface area contributed by atoms with Crippen LogP contribution in [0.5, 0.6) is 0 Å². The van der Waals surface area contributed by atoms with Gasteiger partial charge in [-0.05, 0) is 12.5 Å². The molecule has 0 spiro atoms. The molecule has 1 rings (SSSR count). The van der Waals surface area contributed by atoms with E-state index in [-0.39, 0.29) is 12.6 Å². The van der Waals surface area contributed by atoms with E-state index in [0.717, 1.165) is 6.54 Å². The Morgan fingerprint density at radius 2 is 2.27 bits per heavy atom. The third-order valence-corrected chi connectivity index (χ3v) is 1.80. The van der Waals surface area contributed by atoms with Gasteiger partial charge in [0.1, 0.15) is 6.17 Å². The van der Waals surface area contributed by atoms with Crippen molar-refractivity contribution in [1.29, 1.82) is 0 Å². The molecule has 0 radical (unpaired) electrons. The van der Waals surface area contributed by atoms with Gasteiger partial charge in [0, 0.05) is 0 Å². The number of halogens is 1. The molecule has 66 valence electrons. The third-order valence-electron chi connectivity index (χ3n) is 1.80. The second-order valence-electron chi connectivity index (χ2n) is 3.46. The van der Waals surface area contributed by atoms with Crippen molar-refractivity contribution >= 4 is 0 Å². The Morgan fingerprint density at radius 1 is 1.55 bits per heavy atom. The zero-order chi connectivity index (χ0) is 8.27. The summed E-state index contributed by atoms with van der Waals surface area (Å²) >= 11 is 0. The van der Waals surface area contributed by atoms with Crippen molar-refractivity contribution in [3.05, 3.63) is 0 Å². The van der Waals surface area contributed by atoms with Gasteiger partial charge in [-0.25, -0.2) is 4.39 Å². The molecule has 0 unspecified atom stereocenters. The lowest BCUT2D eigenvalue weighted by Crippen LogP contribution is -2.38. The molecule has 3 heteroatoms. The fourth-order valence-electron chi connectivity index (χ4n) is 1.10. The Bertz CT molecular complexity index is 119. The van der Waals surface area contributed by atoms with Gasteiger partial charge in [-0.3, -0.25) is 0 Å². The second kappa shape index (κ2) is 4.02. The van der Waals surface area contributed by atoms with Crippen LogP contribution < -0.4 is 5.32 Å². The van der Waals surface area contributed by atoms with Crippen molar-refractivity contribution in [2.24, 2.45) is 5.92 Å². The highest BCUT2D eigenvalue weighted by molar-refractivity contribution is 4.80. The van der Waals surface area contributed by atoms with Gasteiger partial charge in [-0.15, -0.1) is 0 Å². The SMILES string of the molecule is CC(C)CN[C@@H]1COC[C@H]1F. The first-order chi connectivity index (χ1) is 5.20. The predicted octanol–water partition coefficient (Wildman–Crippen LogP) is 0.969. The molecule has 1 aliphatic heterocycles. The molecule has 0 saturated carbocycles. The highest BCUT2D eigenvalue weighted by atomic mass is 19.1. The van der Waals surface area contributed by atoms with E-state index in [4.69, 9.17) is 4.74 Å². The van der Waals surface area contributed by atoms with Crippen LogP contribution in [0.25, 0.3) is 0 Å². The number of alkyl halides is 1. The summed E-state index contributed by atoms with van der Waals surface area (Å²) in [5, 5.41) is 3.13. The minimum Gasteiger partial charge on any atom is -0.377 e. The number of rotatable bonds is 3. The quantitative estimate of drug-likeness (QED) is 0.666. The molecule has 2 nitrogen and oxygen atoms in total. The summed E-state index contributed by atoms with van der Waals surface area (Å²) in [4.78, 5) is 0. The molecule has 11 heavy (non-hydrogen) atoms. The van der Waals surface area contributed by atoms with Gasteiger partial charge >= 0.3 is 0 Å². The summed E-state index contributed by atoms with van der Waals surface area (Å²) in [6, 6.07) is -0.0719. The van der Waals surface area contributed by atoms with Crippen molar-refractivity contribution in [2.45, 2.75) is 26.1 Å². The summed E-state index contributed by atoms with van der Waals surface area (Å²) in [7, 11) is 0. The maximum atomic E-state index is 12.9. The van der Waals surface area contributed by atoms with E-state index in [1.54, 1.807) is 0 Å². The summed E-state index contributed by atoms with van der Waals surface area (Å²) in [5.41, 5.74) is 0. The Morgan fingerprint density at radius 3 is 2.73 bits per heavy atom. The van der Waals surface area contributed by atoms with Gasteiger partial charge in [0.15, 0.2) is 0 Å². The topological polar surface area (TPSA) is 21.3 Å². The lowest BCUT2D eigenvalue weighted by molar-refractivity contribution is 0.172. The van der Waals surface area contributed by atoms with Crippen LogP contribution in [0.15, 0.2) is 0 Å². The molecular formula is C8H16FNO. The molecule has 1 heterocycles. The maximum Gasteiger partial charge on any atom is 0.141 e. The largest absolute Gasteiger partial charge is 0.377 e. The van der Waals surface area contributed by atoms with Gasteiger partial charge in [0.25, 0.3) is 0 Å². The van der Waals surface area contributed by atoms with Gasteiger partial charge in [-0.1, -0.05) is 13.8 Å². The predicted molar refractivity (Wildman–Crippen MR) is 42.3 cm³/mol. The zero-order valence-electron chi connectivity index (χ0n) is 7.14. The smallest absolute Gasteiger partial charge is 0.141 e. The highest BCUT2D eigenvalue weighted by Crippen LogP contribution is 2.09. The van der Waals surface area contributed by atoms with Crippen LogP contribution in [-0.2, 0) is 4.74 Å². The molecule has 2 atom stereocenters. The minimum absolute atomic E-state index is 0.0719. The number of nitrogens with one attached hydrogen (secondary N) is 1. The van der Waals surface area contributed by atoms with E-state index >= 15 is 0 Å². The fourth-order valence-corrected chi connectivity index (χ4v) is 1.10. The molecule has 1 aliphatic rings. The Labute approximate surface area is 67.1 Å². The Hall–Kier alpha value is -0.150. The number of hydrogen-bond donors (Lipinski definition) is 1. The maximum absolute atomic E-state index is 12.9. The molecule has 1 N–H and O–H groups in total. The van der Waals surface area contributed by atoms with Gasteiger partial charge in [0.05, 0.1) is 19.3 Å². The molecule has 0 amide bonds. The van der Waals surface area contributed by atoms with Crippen LogP contribution in [0, 0.1) is 5.92 Å². The van der Waals surface area contributed by atoms with Crippen molar-refractivity contribution in [3.8, 4) is 0 Å². The van der Waals surface area contributed by atoms with Gasteiger partial charge in [0.2, 0.25) is 0 Å². The van der Waals surface area contributed by atoms with E-state index in [2.05, 4.69) is 19.2 Å². The molecule has 1 saturated heterocycles. The van der Waals surface area contributed by atoms with Crippen LogP contribution in [0.4, 0.5) is 4.39 Å². The molecule has 0 aromatic carbocycles. The monoisotopic (exact) mass is 161 g/mol. The van der Waals surface area contributed by atoms with Crippen molar-refractivity contribution in [3.63, 3.8) is 0 Å².